The van der Waals surface area contributed by atoms with Crippen LogP contribution in [-0.2, 0) is 10.0 Å². The van der Waals surface area contributed by atoms with Crippen molar-refractivity contribution in [3.8, 4) is 6.07 Å². The molecule has 0 heterocycles. The second-order valence-corrected chi connectivity index (χ2v) is 3.81. The monoisotopic (exact) mass is 174 g/mol. The molecule has 62 valence electrons. The van der Waals surface area contributed by atoms with Gasteiger partial charge in [-0.3, -0.25) is 0 Å². The summed E-state index contributed by atoms with van der Waals surface area (Å²) in [6.45, 7) is 5.04. The third kappa shape index (κ3) is 4.53. The van der Waals surface area contributed by atoms with Crippen molar-refractivity contribution >= 4 is 10.0 Å². The van der Waals surface area contributed by atoms with Gasteiger partial charge in [-0.25, -0.2) is 13.1 Å². The minimum absolute atomic E-state index is 0.326. The Labute approximate surface area is 66.6 Å². The predicted octanol–water partition coefficient (Wildman–Crippen LogP) is 0.00388. The van der Waals surface area contributed by atoms with Gasteiger partial charge in [0.2, 0.25) is 10.0 Å². The summed E-state index contributed by atoms with van der Waals surface area (Å²) in [4.78, 5) is 0. The van der Waals surface area contributed by atoms with E-state index >= 15 is 0 Å². The fourth-order valence-electron chi connectivity index (χ4n) is 0.458. The number of nitrogens with one attached hydrogen (secondary N) is 1. The van der Waals surface area contributed by atoms with Gasteiger partial charge < -0.3 is 0 Å². The van der Waals surface area contributed by atoms with Gasteiger partial charge >= 0.3 is 0 Å². The summed E-state index contributed by atoms with van der Waals surface area (Å²) in [5.41, 5.74) is 0. The van der Waals surface area contributed by atoms with Crippen LogP contribution in [0.4, 0.5) is 0 Å². The van der Waals surface area contributed by atoms with Crippen LogP contribution in [0.3, 0.4) is 0 Å². The van der Waals surface area contributed by atoms with Crippen LogP contribution in [0.25, 0.3) is 0 Å². The van der Waals surface area contributed by atoms with Gasteiger partial charge in [0.25, 0.3) is 0 Å². The average molecular weight is 174 g/mol. The Morgan fingerprint density at radius 3 is 2.73 bits per heavy atom. The molecular weight excluding hydrogens is 164 g/mol. The van der Waals surface area contributed by atoms with Crippen LogP contribution in [0.2, 0.25) is 0 Å². The van der Waals surface area contributed by atoms with Gasteiger partial charge in [-0.2, -0.15) is 5.26 Å². The molecule has 0 aromatic heterocycles. The van der Waals surface area contributed by atoms with Crippen LogP contribution in [0, 0.1) is 11.3 Å². The van der Waals surface area contributed by atoms with Gasteiger partial charge in [-0.15, -0.1) is 6.58 Å². The van der Waals surface area contributed by atoms with E-state index in [-0.39, 0.29) is 6.04 Å². The van der Waals surface area contributed by atoms with Crippen molar-refractivity contribution in [1.29, 1.82) is 5.26 Å². The molecule has 0 aliphatic rings. The maximum absolute atomic E-state index is 10.8. The molecule has 0 spiro atoms. The third-order valence-corrected chi connectivity index (χ3v) is 2.21. The van der Waals surface area contributed by atoms with E-state index in [4.69, 9.17) is 5.26 Å². The van der Waals surface area contributed by atoms with Crippen molar-refractivity contribution < 1.29 is 8.42 Å². The molecule has 0 amide bonds. The number of nitrogens with zero attached hydrogens (tertiary/aromatic N) is 1. The number of hydrogen-bond donors (Lipinski definition) is 1. The summed E-state index contributed by atoms with van der Waals surface area (Å²) < 4.78 is 23.9. The van der Waals surface area contributed by atoms with Gasteiger partial charge in [0.05, 0.1) is 6.07 Å². The predicted molar refractivity (Wildman–Crippen MR) is 42.2 cm³/mol. The molecule has 1 atom stereocenters. The number of sulfonamides is 1. The van der Waals surface area contributed by atoms with Crippen molar-refractivity contribution in [2.24, 2.45) is 0 Å². The second kappa shape index (κ2) is 4.11. The summed E-state index contributed by atoms with van der Waals surface area (Å²) >= 11 is 0. The van der Waals surface area contributed by atoms with Gasteiger partial charge in [-0.05, 0) is 6.92 Å². The molecule has 0 bridgehead atoms. The Morgan fingerprint density at radius 2 is 2.36 bits per heavy atom. The fraction of sp³-hybridized carbons (Fsp3) is 0.500. The van der Waals surface area contributed by atoms with Gasteiger partial charge in [0.15, 0.2) is 5.75 Å². The van der Waals surface area contributed by atoms with Crippen LogP contribution in [-0.4, -0.2) is 20.2 Å². The van der Waals surface area contributed by atoms with E-state index in [1.807, 2.05) is 0 Å². The lowest BCUT2D eigenvalue weighted by Crippen LogP contribution is -2.32. The first-order valence-corrected chi connectivity index (χ1v) is 4.66. The largest absolute Gasteiger partial charge is 0.225 e. The van der Waals surface area contributed by atoms with E-state index in [1.165, 1.54) is 6.08 Å². The Morgan fingerprint density at radius 1 is 1.82 bits per heavy atom. The molecule has 0 aromatic carbocycles. The molecule has 11 heavy (non-hydrogen) atoms. The van der Waals surface area contributed by atoms with E-state index in [9.17, 15) is 8.42 Å². The van der Waals surface area contributed by atoms with Crippen LogP contribution >= 0.6 is 0 Å². The zero-order chi connectivity index (χ0) is 8.91. The van der Waals surface area contributed by atoms with Gasteiger partial charge in [0, 0.05) is 6.04 Å². The zero-order valence-corrected chi connectivity index (χ0v) is 7.06. The van der Waals surface area contributed by atoms with E-state index in [0.29, 0.717) is 0 Å². The highest BCUT2D eigenvalue weighted by Crippen LogP contribution is 1.88. The Kier molecular flexibility index (Phi) is 3.79. The topological polar surface area (TPSA) is 70.0 Å². The Hall–Kier alpha value is -0.860. The van der Waals surface area contributed by atoms with Crippen LogP contribution < -0.4 is 4.72 Å². The average Bonchev–Trinajstić information content (AvgIpc) is 1.86. The smallest absolute Gasteiger partial charge is 0.211 e. The molecule has 1 N–H and O–H groups in total. The van der Waals surface area contributed by atoms with Crippen molar-refractivity contribution in [3.05, 3.63) is 12.7 Å². The van der Waals surface area contributed by atoms with Crippen LogP contribution in [0.5, 0.6) is 0 Å². The first kappa shape index (κ1) is 10.1. The number of rotatable bonds is 4. The molecule has 5 heteroatoms. The highest BCUT2D eigenvalue weighted by Gasteiger charge is 2.10. The molecule has 0 saturated heterocycles. The molecule has 0 saturated carbocycles. The Balaban J connectivity index is 4.16. The van der Waals surface area contributed by atoms with Crippen LogP contribution in [0.1, 0.15) is 6.92 Å². The summed E-state index contributed by atoms with van der Waals surface area (Å²) in [7, 11) is -3.43. The normalized spacial score (nSPS) is 13.5. The van der Waals surface area contributed by atoms with Crippen molar-refractivity contribution in [3.63, 3.8) is 0 Å². The summed E-state index contributed by atoms with van der Waals surface area (Å²) in [5, 5.41) is 8.09. The van der Waals surface area contributed by atoms with E-state index in [1.54, 1.807) is 13.0 Å². The minimum Gasteiger partial charge on any atom is -0.211 e. The molecule has 1 unspecified atom stereocenters. The van der Waals surface area contributed by atoms with Crippen molar-refractivity contribution in [2.45, 2.75) is 13.0 Å². The third-order valence-electron chi connectivity index (χ3n) is 0.974. The maximum Gasteiger partial charge on any atom is 0.225 e. The summed E-state index contributed by atoms with van der Waals surface area (Å²) in [6, 6.07) is 1.23. The van der Waals surface area contributed by atoms with E-state index in [0.717, 1.165) is 0 Å². The second-order valence-electron chi connectivity index (χ2n) is 2.06. The SMILES string of the molecule is C=CC(C)NS(=O)(=O)CC#N. The van der Waals surface area contributed by atoms with Gasteiger partial charge in [0.1, 0.15) is 0 Å². The lowest BCUT2D eigenvalue weighted by Gasteiger charge is -2.06. The first-order valence-electron chi connectivity index (χ1n) is 3.01. The van der Waals surface area contributed by atoms with Gasteiger partial charge in [-0.1, -0.05) is 6.08 Å². The quantitative estimate of drug-likeness (QED) is 0.610. The maximum atomic E-state index is 10.8. The molecule has 0 aromatic rings. The zero-order valence-electron chi connectivity index (χ0n) is 6.24. The van der Waals surface area contributed by atoms with Crippen LogP contribution in [0.15, 0.2) is 12.7 Å². The molecule has 0 fully saturated rings. The highest BCUT2D eigenvalue weighted by molar-refractivity contribution is 7.89. The molecule has 4 nitrogen and oxygen atoms in total. The van der Waals surface area contributed by atoms with E-state index < -0.39 is 15.8 Å². The molecular formula is C6H10N2O2S. The lowest BCUT2D eigenvalue weighted by atomic mass is 10.4. The molecule has 0 aliphatic heterocycles. The van der Waals surface area contributed by atoms with Crippen molar-refractivity contribution in [2.75, 3.05) is 5.75 Å². The van der Waals surface area contributed by atoms with E-state index in [2.05, 4.69) is 11.3 Å². The summed E-state index contributed by atoms with van der Waals surface area (Å²) in [5.74, 6) is -0.509. The lowest BCUT2D eigenvalue weighted by molar-refractivity contribution is 0.579. The molecule has 0 aliphatic carbocycles. The van der Waals surface area contributed by atoms with Crippen molar-refractivity contribution in [1.82, 2.24) is 4.72 Å². The standard InChI is InChI=1S/C6H10N2O2S/c1-3-6(2)8-11(9,10)5-4-7/h3,6,8H,1,5H2,2H3. The number of nitriles is 1. The molecule has 0 rings (SSSR count). The highest BCUT2D eigenvalue weighted by atomic mass is 32.2. The number of hydrogen-bond acceptors (Lipinski definition) is 3. The Bertz CT molecular complexity index is 263. The minimum atomic E-state index is -3.43. The molecule has 0 radical (unpaired) electrons. The first-order chi connectivity index (χ1) is 5.02. The summed E-state index contributed by atoms with van der Waals surface area (Å²) in [6.07, 6.45) is 1.45. The fourth-order valence-corrected chi connectivity index (χ4v) is 1.37.